The van der Waals surface area contributed by atoms with Crippen molar-refractivity contribution in [2.24, 2.45) is 11.8 Å². The van der Waals surface area contributed by atoms with Crippen molar-refractivity contribution in [3.8, 4) is 0 Å². The molecular formula is C20H30O2Si. The fourth-order valence-corrected chi connectivity index (χ4v) is 8.32. The van der Waals surface area contributed by atoms with Crippen molar-refractivity contribution >= 4 is 19.6 Å². The summed E-state index contributed by atoms with van der Waals surface area (Å²) in [6.07, 6.45) is 1.09. The number of rotatable bonds is 7. The van der Waals surface area contributed by atoms with Crippen molar-refractivity contribution in [3.63, 3.8) is 0 Å². The molecule has 0 bridgehead atoms. The molecule has 2 unspecified atom stereocenters. The third-order valence-electron chi connectivity index (χ3n) is 5.80. The standard InChI is InChI=1S/C20H30O2Si/c1-5-23(6-2,7-3)20(17-11-9-8-10-12-17)19-15-22-14-18(19)16(4)13-21/h8-13,16,18H,5-7,14-15H2,1-4H3/b20-19+. The maximum Gasteiger partial charge on any atom is 0.123 e. The molecule has 1 aliphatic heterocycles. The van der Waals surface area contributed by atoms with E-state index in [4.69, 9.17) is 4.74 Å². The summed E-state index contributed by atoms with van der Waals surface area (Å²) in [6.45, 7) is 10.4. The van der Waals surface area contributed by atoms with Gasteiger partial charge in [-0.25, -0.2) is 0 Å². The molecule has 23 heavy (non-hydrogen) atoms. The number of benzene rings is 1. The number of carbonyl (C=O) groups is 1. The van der Waals surface area contributed by atoms with E-state index in [1.165, 1.54) is 29.3 Å². The van der Waals surface area contributed by atoms with Gasteiger partial charge in [-0.3, -0.25) is 0 Å². The number of ether oxygens (including phenoxy) is 1. The largest absolute Gasteiger partial charge is 0.376 e. The van der Waals surface area contributed by atoms with Crippen LogP contribution in [0, 0.1) is 11.8 Å². The Bertz CT molecular complexity index is 538. The van der Waals surface area contributed by atoms with E-state index in [0.717, 1.165) is 6.29 Å². The van der Waals surface area contributed by atoms with Crippen molar-refractivity contribution in [1.29, 1.82) is 0 Å². The fourth-order valence-electron chi connectivity index (χ4n) is 4.04. The summed E-state index contributed by atoms with van der Waals surface area (Å²) in [5.74, 6) is 0.280. The Kier molecular flexibility index (Phi) is 6.37. The molecule has 1 aromatic carbocycles. The zero-order valence-corrected chi connectivity index (χ0v) is 16.0. The monoisotopic (exact) mass is 330 g/mol. The summed E-state index contributed by atoms with van der Waals surface area (Å²) < 4.78 is 5.83. The fraction of sp³-hybridized carbons (Fsp3) is 0.550. The van der Waals surface area contributed by atoms with Crippen LogP contribution in [0.15, 0.2) is 35.9 Å². The van der Waals surface area contributed by atoms with E-state index in [2.05, 4.69) is 51.1 Å². The van der Waals surface area contributed by atoms with Crippen LogP contribution < -0.4 is 0 Å². The summed E-state index contributed by atoms with van der Waals surface area (Å²) in [4.78, 5) is 11.4. The zero-order chi connectivity index (χ0) is 16.9. The van der Waals surface area contributed by atoms with Crippen LogP contribution >= 0.6 is 0 Å². The quantitative estimate of drug-likeness (QED) is 0.521. The molecule has 0 amide bonds. The average Bonchev–Trinajstić information content (AvgIpc) is 3.08. The summed E-state index contributed by atoms with van der Waals surface area (Å²) in [7, 11) is -1.57. The lowest BCUT2D eigenvalue weighted by molar-refractivity contribution is -0.111. The highest BCUT2D eigenvalue weighted by atomic mass is 28.3. The highest BCUT2D eigenvalue weighted by Gasteiger charge is 2.39. The number of hydrogen-bond acceptors (Lipinski definition) is 2. The minimum Gasteiger partial charge on any atom is -0.376 e. The lowest BCUT2D eigenvalue weighted by atomic mass is 9.89. The summed E-state index contributed by atoms with van der Waals surface area (Å²) in [5.41, 5.74) is 2.77. The number of aldehydes is 1. The van der Waals surface area contributed by atoms with E-state index in [9.17, 15) is 4.79 Å². The van der Waals surface area contributed by atoms with Gasteiger partial charge in [0.1, 0.15) is 6.29 Å². The summed E-state index contributed by atoms with van der Waals surface area (Å²) in [5, 5.41) is 1.57. The van der Waals surface area contributed by atoms with Gasteiger partial charge in [-0.1, -0.05) is 81.4 Å². The van der Waals surface area contributed by atoms with Gasteiger partial charge in [0.2, 0.25) is 0 Å². The highest BCUT2D eigenvalue weighted by Crippen LogP contribution is 2.42. The molecule has 0 radical (unpaired) electrons. The van der Waals surface area contributed by atoms with Gasteiger partial charge in [-0.05, 0) is 11.1 Å². The SMILES string of the molecule is CC[Si](CC)(CC)/C(=C1\COCC1C(C)C=O)c1ccccc1. The van der Waals surface area contributed by atoms with E-state index in [1.807, 2.05) is 6.92 Å². The highest BCUT2D eigenvalue weighted by molar-refractivity contribution is 6.96. The molecule has 0 N–H and O–H groups in total. The minimum absolute atomic E-state index is 0.0310. The Morgan fingerprint density at radius 1 is 1.22 bits per heavy atom. The zero-order valence-electron chi connectivity index (χ0n) is 15.0. The van der Waals surface area contributed by atoms with Crippen LogP contribution in [-0.4, -0.2) is 27.6 Å². The molecule has 0 aromatic heterocycles. The first-order chi connectivity index (χ1) is 11.1. The molecular weight excluding hydrogens is 300 g/mol. The Labute approximate surface area is 142 Å². The Balaban J connectivity index is 2.66. The molecule has 0 spiro atoms. The van der Waals surface area contributed by atoms with E-state index in [0.29, 0.717) is 13.2 Å². The molecule has 1 saturated heterocycles. The maximum atomic E-state index is 11.4. The third-order valence-corrected chi connectivity index (χ3v) is 11.5. The van der Waals surface area contributed by atoms with Crippen LogP contribution in [0.5, 0.6) is 0 Å². The van der Waals surface area contributed by atoms with Crippen LogP contribution in [0.25, 0.3) is 5.20 Å². The second-order valence-corrected chi connectivity index (χ2v) is 11.9. The van der Waals surface area contributed by atoms with E-state index in [-0.39, 0.29) is 11.8 Å². The van der Waals surface area contributed by atoms with Crippen LogP contribution in [-0.2, 0) is 9.53 Å². The molecule has 1 fully saturated rings. The van der Waals surface area contributed by atoms with E-state index >= 15 is 0 Å². The third kappa shape index (κ3) is 3.51. The van der Waals surface area contributed by atoms with E-state index in [1.54, 1.807) is 5.20 Å². The molecule has 3 heteroatoms. The van der Waals surface area contributed by atoms with Crippen LogP contribution in [0.1, 0.15) is 33.3 Å². The molecule has 1 heterocycles. The molecule has 2 rings (SSSR count). The van der Waals surface area contributed by atoms with E-state index < -0.39 is 8.07 Å². The van der Waals surface area contributed by atoms with Crippen molar-refractivity contribution in [2.75, 3.05) is 13.2 Å². The smallest absolute Gasteiger partial charge is 0.123 e. The first-order valence-electron chi connectivity index (χ1n) is 8.95. The topological polar surface area (TPSA) is 26.3 Å². The van der Waals surface area contributed by atoms with Gasteiger partial charge >= 0.3 is 0 Å². The van der Waals surface area contributed by atoms with Gasteiger partial charge in [0.05, 0.1) is 21.3 Å². The molecule has 126 valence electrons. The number of carbonyl (C=O) groups excluding carboxylic acids is 1. The molecule has 0 aliphatic carbocycles. The molecule has 0 saturated carbocycles. The van der Waals surface area contributed by atoms with Crippen molar-refractivity contribution in [1.82, 2.24) is 0 Å². The molecule has 2 nitrogen and oxygen atoms in total. The Morgan fingerprint density at radius 2 is 1.83 bits per heavy atom. The van der Waals surface area contributed by atoms with Gasteiger partial charge in [0.25, 0.3) is 0 Å². The van der Waals surface area contributed by atoms with Crippen molar-refractivity contribution in [3.05, 3.63) is 41.5 Å². The summed E-state index contributed by atoms with van der Waals surface area (Å²) >= 11 is 0. The molecule has 1 aliphatic rings. The van der Waals surface area contributed by atoms with Crippen LogP contribution in [0.2, 0.25) is 18.1 Å². The normalized spacial score (nSPS) is 22.0. The summed E-state index contributed by atoms with van der Waals surface area (Å²) in [6, 6.07) is 14.6. The van der Waals surface area contributed by atoms with Crippen molar-refractivity contribution < 1.29 is 9.53 Å². The lowest BCUT2D eigenvalue weighted by Crippen LogP contribution is -2.36. The van der Waals surface area contributed by atoms with Crippen molar-refractivity contribution in [2.45, 2.75) is 45.8 Å². The number of hydrogen-bond donors (Lipinski definition) is 0. The predicted molar refractivity (Wildman–Crippen MR) is 100 cm³/mol. The van der Waals surface area contributed by atoms with Gasteiger partial charge in [0, 0.05) is 11.8 Å². The van der Waals surface area contributed by atoms with Gasteiger partial charge in [0.15, 0.2) is 0 Å². The van der Waals surface area contributed by atoms with Gasteiger partial charge < -0.3 is 9.53 Å². The lowest BCUT2D eigenvalue weighted by Gasteiger charge is -2.35. The molecule has 1 aromatic rings. The van der Waals surface area contributed by atoms with Crippen LogP contribution in [0.3, 0.4) is 0 Å². The average molecular weight is 331 g/mol. The predicted octanol–water partition coefficient (Wildman–Crippen LogP) is 4.97. The first kappa shape index (κ1) is 18.1. The van der Waals surface area contributed by atoms with Crippen LogP contribution in [0.4, 0.5) is 0 Å². The van der Waals surface area contributed by atoms with Gasteiger partial charge in [-0.15, -0.1) is 0 Å². The first-order valence-corrected chi connectivity index (χ1v) is 11.6. The second kappa shape index (κ2) is 8.07. The Morgan fingerprint density at radius 3 is 2.35 bits per heavy atom. The van der Waals surface area contributed by atoms with Gasteiger partial charge in [-0.2, -0.15) is 0 Å². The Hall–Kier alpha value is -1.19. The molecule has 2 atom stereocenters. The second-order valence-electron chi connectivity index (χ2n) is 6.72. The minimum atomic E-state index is -1.57. The maximum absolute atomic E-state index is 11.4.